The van der Waals surface area contributed by atoms with E-state index >= 15 is 0 Å². The first kappa shape index (κ1) is 27.4. The lowest BCUT2D eigenvalue weighted by Crippen LogP contribution is -2.34. The van der Waals surface area contributed by atoms with Crippen LogP contribution >= 0.6 is 0 Å². The molecule has 1 atom stereocenters. The van der Waals surface area contributed by atoms with Gasteiger partial charge in [0.1, 0.15) is 5.82 Å². The van der Waals surface area contributed by atoms with Crippen molar-refractivity contribution in [2.45, 2.75) is 59.7 Å². The van der Waals surface area contributed by atoms with Gasteiger partial charge in [0.2, 0.25) is 0 Å². The average Bonchev–Trinajstić information content (AvgIpc) is 3.38. The molecule has 8 heteroatoms. The highest BCUT2D eigenvalue weighted by molar-refractivity contribution is 5.82. The molecule has 1 unspecified atom stereocenters. The number of tetrazole rings is 1. The van der Waals surface area contributed by atoms with E-state index in [1.54, 1.807) is 16.8 Å². The molecule has 0 saturated carbocycles. The number of nitrogens with one attached hydrogen (secondary N) is 1. The molecule has 0 bridgehead atoms. The van der Waals surface area contributed by atoms with Crippen molar-refractivity contribution < 1.29 is 4.39 Å². The number of hydrogen-bond acceptors (Lipinski definition) is 5. The number of pyridine rings is 1. The van der Waals surface area contributed by atoms with Crippen molar-refractivity contribution in [3.63, 3.8) is 0 Å². The summed E-state index contributed by atoms with van der Waals surface area (Å²) in [5, 5.41) is 13.7. The molecule has 5 aromatic rings. The van der Waals surface area contributed by atoms with E-state index in [0.717, 1.165) is 52.8 Å². The molecule has 40 heavy (non-hydrogen) atoms. The Bertz CT molecular complexity index is 1670. The fourth-order valence-electron chi connectivity index (χ4n) is 5.50. The maximum absolute atomic E-state index is 13.5. The number of aromatic amines is 1. The molecule has 1 N–H and O–H groups in total. The normalized spacial score (nSPS) is 12.3. The van der Waals surface area contributed by atoms with Crippen LogP contribution in [0.5, 0.6) is 0 Å². The zero-order chi connectivity index (χ0) is 28.2. The Morgan fingerprint density at radius 3 is 2.50 bits per heavy atom. The smallest absolute Gasteiger partial charge is 0.252 e. The highest BCUT2D eigenvalue weighted by atomic mass is 19.1. The fourth-order valence-corrected chi connectivity index (χ4v) is 5.50. The number of H-pyrrole nitrogens is 1. The first-order chi connectivity index (χ1) is 19.3. The molecule has 206 valence electrons. The number of fused-ring (bicyclic) bond motifs is 1. The van der Waals surface area contributed by atoms with E-state index in [1.807, 2.05) is 19.1 Å². The summed E-state index contributed by atoms with van der Waals surface area (Å²) in [4.78, 5) is 18.7. The zero-order valence-electron chi connectivity index (χ0n) is 23.5. The maximum atomic E-state index is 13.5. The molecule has 0 spiro atoms. The van der Waals surface area contributed by atoms with Gasteiger partial charge in [-0.15, -0.1) is 5.10 Å². The molecule has 0 aliphatic rings. The number of aryl methyl sites for hydroxylation is 3. The lowest BCUT2D eigenvalue weighted by Gasteiger charge is -2.30. The van der Waals surface area contributed by atoms with Gasteiger partial charge in [0.25, 0.3) is 5.56 Å². The first-order valence-corrected chi connectivity index (χ1v) is 13.7. The average molecular weight is 539 g/mol. The van der Waals surface area contributed by atoms with E-state index < -0.39 is 0 Å². The summed E-state index contributed by atoms with van der Waals surface area (Å²) in [6.45, 7) is 9.93. The van der Waals surface area contributed by atoms with Gasteiger partial charge in [0.05, 0.1) is 18.1 Å². The molecule has 7 nitrogen and oxygen atoms in total. The van der Waals surface area contributed by atoms with Gasteiger partial charge in [-0.1, -0.05) is 55.0 Å². The summed E-state index contributed by atoms with van der Waals surface area (Å²) in [6.07, 6.45) is 1.58. The van der Waals surface area contributed by atoms with Crippen molar-refractivity contribution in [3.05, 3.63) is 122 Å². The van der Waals surface area contributed by atoms with Crippen LogP contribution in [0.4, 0.5) is 4.39 Å². The molecular weight excluding hydrogens is 503 g/mol. The predicted octanol–water partition coefficient (Wildman–Crippen LogP) is 5.82. The molecule has 0 fully saturated rings. The van der Waals surface area contributed by atoms with Gasteiger partial charge in [0, 0.05) is 18.7 Å². The molecule has 3 aromatic carbocycles. The van der Waals surface area contributed by atoms with Crippen LogP contribution in [0.2, 0.25) is 0 Å². The molecule has 0 saturated heterocycles. The zero-order valence-corrected chi connectivity index (χ0v) is 23.5. The molecule has 5 rings (SSSR count). The van der Waals surface area contributed by atoms with Gasteiger partial charge in [0.15, 0.2) is 5.82 Å². The van der Waals surface area contributed by atoms with Crippen molar-refractivity contribution in [1.29, 1.82) is 0 Å². The summed E-state index contributed by atoms with van der Waals surface area (Å²) < 4.78 is 15.3. The van der Waals surface area contributed by atoms with E-state index in [2.05, 4.69) is 76.5 Å². The minimum absolute atomic E-state index is 0.0823. The Morgan fingerprint density at radius 1 is 0.975 bits per heavy atom. The minimum atomic E-state index is -0.277. The standard InChI is InChI=1S/C32H35FN6O/c1-5-29(31-35-36-37-39(31)19-24-10-12-28(33)13-11-24)38(15-14-25-9-7-6-8-22(25)3)20-27-18-26-17-21(2)16-23(4)30(26)34-32(27)40/h6-13,16-18,29H,5,14-15,19-20H2,1-4H3,(H,34,40). The predicted molar refractivity (Wildman–Crippen MR) is 156 cm³/mol. The fraction of sp³-hybridized carbons (Fsp3) is 0.312. The second-order valence-electron chi connectivity index (χ2n) is 10.6. The molecule has 2 heterocycles. The molecular formula is C32H35FN6O. The van der Waals surface area contributed by atoms with Crippen molar-refractivity contribution in [3.8, 4) is 0 Å². The third kappa shape index (κ3) is 6.02. The quantitative estimate of drug-likeness (QED) is 0.242. The first-order valence-electron chi connectivity index (χ1n) is 13.7. The number of benzene rings is 3. The Kier molecular flexibility index (Phi) is 8.16. The van der Waals surface area contributed by atoms with E-state index in [4.69, 9.17) is 0 Å². The van der Waals surface area contributed by atoms with Crippen LogP contribution in [0.15, 0.2) is 71.5 Å². The van der Waals surface area contributed by atoms with Gasteiger partial charge in [-0.3, -0.25) is 9.69 Å². The van der Waals surface area contributed by atoms with Gasteiger partial charge >= 0.3 is 0 Å². The number of nitrogens with zero attached hydrogens (tertiary/aromatic N) is 5. The van der Waals surface area contributed by atoms with Crippen LogP contribution in [0.25, 0.3) is 10.9 Å². The Morgan fingerprint density at radius 2 is 1.75 bits per heavy atom. The topological polar surface area (TPSA) is 79.7 Å². The summed E-state index contributed by atoms with van der Waals surface area (Å²) in [7, 11) is 0. The van der Waals surface area contributed by atoms with Crippen LogP contribution in [0.3, 0.4) is 0 Å². The van der Waals surface area contributed by atoms with Crippen molar-refractivity contribution >= 4 is 10.9 Å². The largest absolute Gasteiger partial charge is 0.321 e. The van der Waals surface area contributed by atoms with E-state index in [9.17, 15) is 9.18 Å². The summed E-state index contributed by atoms with van der Waals surface area (Å²) in [6, 6.07) is 20.9. The maximum Gasteiger partial charge on any atom is 0.252 e. The third-order valence-corrected chi connectivity index (χ3v) is 7.60. The SMILES string of the molecule is CCC(c1nnnn1Cc1ccc(F)cc1)N(CCc1ccccc1C)Cc1cc2cc(C)cc(C)c2[nH]c1=O. The van der Waals surface area contributed by atoms with Crippen molar-refractivity contribution in [2.75, 3.05) is 6.54 Å². The summed E-state index contributed by atoms with van der Waals surface area (Å²) >= 11 is 0. The Labute approximate surface area is 233 Å². The number of halogens is 1. The van der Waals surface area contributed by atoms with Gasteiger partial charge in [-0.05, 0) is 95.9 Å². The lowest BCUT2D eigenvalue weighted by atomic mass is 10.0. The highest BCUT2D eigenvalue weighted by Crippen LogP contribution is 2.26. The number of rotatable bonds is 10. The minimum Gasteiger partial charge on any atom is -0.321 e. The van der Waals surface area contributed by atoms with Crippen LogP contribution in [0.1, 0.15) is 58.6 Å². The Balaban J connectivity index is 1.50. The lowest BCUT2D eigenvalue weighted by molar-refractivity contribution is 0.172. The Hall–Kier alpha value is -4.17. The third-order valence-electron chi connectivity index (χ3n) is 7.60. The van der Waals surface area contributed by atoms with Crippen LogP contribution in [0, 0.1) is 26.6 Å². The van der Waals surface area contributed by atoms with Crippen molar-refractivity contribution in [1.82, 2.24) is 30.1 Å². The van der Waals surface area contributed by atoms with Gasteiger partial charge in [-0.25, -0.2) is 9.07 Å². The van der Waals surface area contributed by atoms with E-state index in [-0.39, 0.29) is 17.4 Å². The van der Waals surface area contributed by atoms with Crippen molar-refractivity contribution in [2.24, 2.45) is 0 Å². The molecule has 0 radical (unpaired) electrons. The highest BCUT2D eigenvalue weighted by Gasteiger charge is 2.26. The summed E-state index contributed by atoms with van der Waals surface area (Å²) in [5.41, 5.74) is 7.14. The van der Waals surface area contributed by atoms with Gasteiger partial charge < -0.3 is 4.98 Å². The number of hydrogen-bond donors (Lipinski definition) is 1. The molecule has 0 amide bonds. The number of aromatic nitrogens is 5. The molecule has 0 aliphatic carbocycles. The van der Waals surface area contributed by atoms with E-state index in [0.29, 0.717) is 18.7 Å². The monoisotopic (exact) mass is 538 g/mol. The molecule has 0 aliphatic heterocycles. The molecule has 2 aromatic heterocycles. The second kappa shape index (κ2) is 11.9. The van der Waals surface area contributed by atoms with Gasteiger partial charge in [-0.2, -0.15) is 0 Å². The van der Waals surface area contributed by atoms with E-state index in [1.165, 1.54) is 23.3 Å². The van der Waals surface area contributed by atoms with Crippen LogP contribution in [-0.4, -0.2) is 36.6 Å². The summed E-state index contributed by atoms with van der Waals surface area (Å²) in [5.74, 6) is 0.445. The second-order valence-corrected chi connectivity index (χ2v) is 10.6. The van der Waals surface area contributed by atoms with Crippen LogP contribution in [-0.2, 0) is 19.5 Å². The van der Waals surface area contributed by atoms with Crippen LogP contribution < -0.4 is 5.56 Å².